The summed E-state index contributed by atoms with van der Waals surface area (Å²) < 4.78 is 35.3. The summed E-state index contributed by atoms with van der Waals surface area (Å²) in [6.45, 7) is 7.07. The highest BCUT2D eigenvalue weighted by Crippen LogP contribution is 2.26. The van der Waals surface area contributed by atoms with Crippen molar-refractivity contribution in [3.8, 4) is 5.75 Å². The van der Waals surface area contributed by atoms with Crippen LogP contribution in [-0.2, 0) is 26.3 Å². The zero-order valence-corrected chi connectivity index (χ0v) is 22.8. The largest absolute Gasteiger partial charge is 0.462 e. The van der Waals surface area contributed by atoms with Gasteiger partial charge in [-0.1, -0.05) is 45.0 Å². The lowest BCUT2D eigenvalue weighted by Crippen LogP contribution is -2.37. The first-order valence-corrected chi connectivity index (χ1v) is 12.2. The Kier molecular flexibility index (Phi) is 8.74. The van der Waals surface area contributed by atoms with Crippen LogP contribution in [0.5, 0.6) is 5.75 Å². The molecule has 0 aromatic heterocycles. The number of rotatable bonds is 7. The fourth-order valence-corrected chi connectivity index (χ4v) is 3.81. The number of hydrogen-bond donors (Lipinski definition) is 0. The van der Waals surface area contributed by atoms with E-state index in [4.69, 9.17) is 0 Å². The van der Waals surface area contributed by atoms with E-state index >= 15 is 0 Å². The molecule has 0 atom stereocenters. The van der Waals surface area contributed by atoms with E-state index in [-0.39, 0.29) is 23.6 Å². The predicted octanol–water partition coefficient (Wildman–Crippen LogP) is 5.96. The molecule has 206 valence electrons. The van der Waals surface area contributed by atoms with Gasteiger partial charge >= 0.3 is 18.0 Å². The number of halogens is 2. The summed E-state index contributed by atoms with van der Waals surface area (Å²) in [7, 11) is 2.69. The number of amides is 2. The minimum absolute atomic E-state index is 0.0279. The first-order valence-electron chi connectivity index (χ1n) is 12.2. The molecule has 0 bridgehead atoms. The Labute approximate surface area is 226 Å². The molecule has 0 unspecified atom stereocenters. The fraction of sp³-hybridized carbons (Fsp3) is 0.300. The van der Waals surface area contributed by atoms with Crippen molar-refractivity contribution in [2.24, 2.45) is 0 Å². The van der Waals surface area contributed by atoms with Gasteiger partial charge < -0.3 is 14.4 Å². The molecule has 2 amide bonds. The minimum atomic E-state index is -3.32. The van der Waals surface area contributed by atoms with Crippen LogP contribution in [0.3, 0.4) is 0 Å². The van der Waals surface area contributed by atoms with Gasteiger partial charge in [-0.15, -0.1) is 0 Å². The molecule has 0 spiro atoms. The van der Waals surface area contributed by atoms with E-state index in [0.29, 0.717) is 23.9 Å². The van der Waals surface area contributed by atoms with E-state index in [1.165, 1.54) is 34.1 Å². The summed E-state index contributed by atoms with van der Waals surface area (Å²) in [5.41, 5.74) is 3.11. The van der Waals surface area contributed by atoms with Crippen molar-refractivity contribution in [2.75, 3.05) is 24.0 Å². The first kappa shape index (κ1) is 29.3. The molecule has 9 heteroatoms. The summed E-state index contributed by atoms with van der Waals surface area (Å²) in [5.74, 6) is -2.23. The Bertz CT molecular complexity index is 1310. The van der Waals surface area contributed by atoms with Crippen LogP contribution >= 0.6 is 0 Å². The topological polar surface area (TPSA) is 76.2 Å². The van der Waals surface area contributed by atoms with Gasteiger partial charge in [-0.25, -0.2) is 4.79 Å². The molecule has 7 nitrogen and oxygen atoms in total. The van der Waals surface area contributed by atoms with Gasteiger partial charge in [-0.05, 0) is 65.1 Å². The number of anilines is 2. The van der Waals surface area contributed by atoms with Gasteiger partial charge in [0.2, 0.25) is 0 Å². The average Bonchev–Trinajstić information content (AvgIpc) is 2.89. The second-order valence-electron chi connectivity index (χ2n) is 10.1. The fourth-order valence-electron chi connectivity index (χ4n) is 3.81. The van der Waals surface area contributed by atoms with Crippen molar-refractivity contribution in [1.29, 1.82) is 0 Å². The number of benzene rings is 3. The summed E-state index contributed by atoms with van der Waals surface area (Å²) >= 11 is 0. The number of ether oxygens (including phenoxy) is 2. The standard InChI is InChI=1S/C30H32F2N2O5/c1-29(2,3)22-11-7-20(8-12-22)19-34(27(36)28(37)38-6)24-13-9-21(10-14-24)26(35)33(5)23-15-17-25(18-16-23)39-30(4,31)32/h7-18H,19H2,1-6H3. The smallest absolute Gasteiger partial charge is 0.397 e. The second-order valence-corrected chi connectivity index (χ2v) is 10.1. The van der Waals surface area contributed by atoms with Crippen LogP contribution in [-0.4, -0.2) is 38.0 Å². The van der Waals surface area contributed by atoms with E-state index in [9.17, 15) is 23.2 Å². The van der Waals surface area contributed by atoms with E-state index < -0.39 is 18.0 Å². The maximum Gasteiger partial charge on any atom is 0.397 e. The van der Waals surface area contributed by atoms with Crippen molar-refractivity contribution < 1.29 is 32.6 Å². The van der Waals surface area contributed by atoms with Crippen LogP contribution in [0.15, 0.2) is 72.8 Å². The zero-order chi connectivity index (χ0) is 29.0. The van der Waals surface area contributed by atoms with Crippen molar-refractivity contribution in [1.82, 2.24) is 0 Å². The first-order chi connectivity index (χ1) is 18.2. The van der Waals surface area contributed by atoms with Crippen LogP contribution in [0.25, 0.3) is 0 Å². The molecule has 39 heavy (non-hydrogen) atoms. The van der Waals surface area contributed by atoms with E-state index in [0.717, 1.165) is 18.2 Å². The third kappa shape index (κ3) is 7.63. The highest BCUT2D eigenvalue weighted by atomic mass is 19.3. The summed E-state index contributed by atoms with van der Waals surface area (Å²) in [6, 6.07) is 19.7. The van der Waals surface area contributed by atoms with Gasteiger partial charge in [0, 0.05) is 30.9 Å². The Morgan fingerprint density at radius 3 is 1.82 bits per heavy atom. The van der Waals surface area contributed by atoms with Gasteiger partial charge in [0.15, 0.2) is 0 Å². The van der Waals surface area contributed by atoms with Crippen molar-refractivity contribution in [3.05, 3.63) is 89.5 Å². The molecule has 0 saturated heterocycles. The maximum atomic E-state index is 13.1. The molecule has 0 fully saturated rings. The molecule has 3 rings (SSSR count). The third-order valence-corrected chi connectivity index (χ3v) is 6.02. The van der Waals surface area contributed by atoms with Gasteiger partial charge in [0.25, 0.3) is 5.91 Å². The van der Waals surface area contributed by atoms with Crippen molar-refractivity contribution >= 4 is 29.2 Å². The lowest BCUT2D eigenvalue weighted by Gasteiger charge is -2.24. The van der Waals surface area contributed by atoms with Gasteiger partial charge in [0.05, 0.1) is 13.7 Å². The second kappa shape index (κ2) is 11.6. The minimum Gasteiger partial charge on any atom is -0.462 e. The van der Waals surface area contributed by atoms with Crippen LogP contribution in [0.4, 0.5) is 20.2 Å². The number of carbonyl (C=O) groups is 3. The number of methoxy groups -OCH3 is 1. The normalized spacial score (nSPS) is 11.5. The molecule has 3 aromatic rings. The number of carbonyl (C=O) groups excluding carboxylic acids is 3. The molecule has 0 N–H and O–H groups in total. The van der Waals surface area contributed by atoms with Gasteiger partial charge in [-0.2, -0.15) is 8.78 Å². The van der Waals surface area contributed by atoms with Crippen LogP contribution in [0.1, 0.15) is 49.2 Å². The lowest BCUT2D eigenvalue weighted by atomic mass is 9.87. The average molecular weight is 539 g/mol. The quantitative estimate of drug-likeness (QED) is 0.274. The summed E-state index contributed by atoms with van der Waals surface area (Å²) in [6.07, 6.45) is -3.32. The van der Waals surface area contributed by atoms with E-state index in [1.54, 1.807) is 31.3 Å². The molecule has 0 saturated carbocycles. The lowest BCUT2D eigenvalue weighted by molar-refractivity contribution is -0.159. The Hall–Kier alpha value is -4.27. The van der Waals surface area contributed by atoms with Crippen LogP contribution < -0.4 is 14.5 Å². The highest BCUT2D eigenvalue weighted by Gasteiger charge is 2.26. The monoisotopic (exact) mass is 538 g/mol. The number of alkyl halides is 2. The van der Waals surface area contributed by atoms with Gasteiger partial charge in [-0.3, -0.25) is 14.5 Å². The molecule has 0 heterocycles. The maximum absolute atomic E-state index is 13.1. The molecular weight excluding hydrogens is 506 g/mol. The SMILES string of the molecule is COC(=O)C(=O)N(Cc1ccc(C(C)(C)C)cc1)c1ccc(C(=O)N(C)c2ccc(OC(C)(F)F)cc2)cc1. The number of nitrogens with zero attached hydrogens (tertiary/aromatic N) is 2. The number of esters is 1. The van der Waals surface area contributed by atoms with Crippen molar-refractivity contribution in [3.63, 3.8) is 0 Å². The molecule has 0 aliphatic carbocycles. The van der Waals surface area contributed by atoms with E-state index in [1.807, 2.05) is 24.3 Å². The third-order valence-electron chi connectivity index (χ3n) is 6.02. The molecule has 0 aliphatic rings. The zero-order valence-electron chi connectivity index (χ0n) is 22.8. The number of hydrogen-bond acceptors (Lipinski definition) is 5. The molecule has 0 radical (unpaired) electrons. The molecular formula is C30H32F2N2O5. The highest BCUT2D eigenvalue weighted by molar-refractivity contribution is 6.38. The molecule has 3 aromatic carbocycles. The van der Waals surface area contributed by atoms with Crippen molar-refractivity contribution in [2.45, 2.75) is 45.8 Å². The Morgan fingerprint density at radius 2 is 1.33 bits per heavy atom. The predicted molar refractivity (Wildman–Crippen MR) is 145 cm³/mol. The Morgan fingerprint density at radius 1 is 0.795 bits per heavy atom. The molecule has 0 aliphatic heterocycles. The summed E-state index contributed by atoms with van der Waals surface area (Å²) in [5, 5.41) is 0. The Balaban J connectivity index is 1.81. The van der Waals surface area contributed by atoms with Crippen LogP contribution in [0, 0.1) is 0 Å². The van der Waals surface area contributed by atoms with E-state index in [2.05, 4.69) is 30.2 Å². The van der Waals surface area contributed by atoms with Gasteiger partial charge in [0.1, 0.15) is 5.75 Å². The summed E-state index contributed by atoms with van der Waals surface area (Å²) in [4.78, 5) is 40.7. The van der Waals surface area contributed by atoms with Crippen LogP contribution in [0.2, 0.25) is 0 Å².